The van der Waals surface area contributed by atoms with Gasteiger partial charge in [0.15, 0.2) is 11.9 Å². The number of carbonyl (C=O) groups excluding carboxylic acids is 2. The van der Waals surface area contributed by atoms with E-state index in [1.165, 1.54) is 0 Å². The SMILES string of the molecule is CCNC(=O)[C@H](C)OC(=O)c1cc(-c2ccco2)nc2ccccc12. The first-order chi connectivity index (χ1) is 12.1. The Labute approximate surface area is 144 Å². The molecule has 2 aromatic heterocycles. The molecule has 0 aliphatic carbocycles. The van der Waals surface area contributed by atoms with E-state index in [2.05, 4.69) is 10.3 Å². The number of hydrogen-bond acceptors (Lipinski definition) is 5. The number of benzene rings is 1. The Balaban J connectivity index is 1.99. The number of pyridine rings is 1. The molecular formula is C19H18N2O4. The number of carbonyl (C=O) groups is 2. The summed E-state index contributed by atoms with van der Waals surface area (Å²) in [6, 6.07) is 12.4. The van der Waals surface area contributed by atoms with Gasteiger partial charge in [-0.2, -0.15) is 0 Å². The molecule has 0 radical (unpaired) electrons. The number of aromatic nitrogens is 1. The summed E-state index contributed by atoms with van der Waals surface area (Å²) in [7, 11) is 0. The highest BCUT2D eigenvalue weighted by Crippen LogP contribution is 2.26. The van der Waals surface area contributed by atoms with Gasteiger partial charge >= 0.3 is 5.97 Å². The molecule has 0 saturated carbocycles. The van der Waals surface area contributed by atoms with Crippen LogP contribution in [-0.4, -0.2) is 29.5 Å². The van der Waals surface area contributed by atoms with E-state index in [1.54, 1.807) is 44.4 Å². The van der Waals surface area contributed by atoms with Crippen molar-refractivity contribution in [3.63, 3.8) is 0 Å². The van der Waals surface area contributed by atoms with Gasteiger partial charge in [0.05, 0.1) is 17.3 Å². The fraction of sp³-hybridized carbons (Fsp3) is 0.211. The third kappa shape index (κ3) is 3.52. The quantitative estimate of drug-likeness (QED) is 0.723. The van der Waals surface area contributed by atoms with E-state index in [1.807, 2.05) is 18.2 Å². The molecule has 0 spiro atoms. The monoisotopic (exact) mass is 338 g/mol. The molecule has 0 fully saturated rings. The van der Waals surface area contributed by atoms with Gasteiger partial charge in [0, 0.05) is 11.9 Å². The number of likely N-dealkylation sites (N-methyl/N-ethyl adjacent to an activating group) is 1. The van der Waals surface area contributed by atoms with E-state index in [9.17, 15) is 9.59 Å². The molecule has 0 aliphatic rings. The lowest BCUT2D eigenvalue weighted by atomic mass is 10.1. The van der Waals surface area contributed by atoms with Crippen LogP contribution in [0, 0.1) is 0 Å². The smallest absolute Gasteiger partial charge is 0.339 e. The first kappa shape index (κ1) is 16.7. The number of rotatable bonds is 5. The van der Waals surface area contributed by atoms with Crippen LogP contribution in [0.5, 0.6) is 0 Å². The van der Waals surface area contributed by atoms with Gasteiger partial charge in [0.25, 0.3) is 5.91 Å². The molecule has 0 bridgehead atoms. The summed E-state index contributed by atoms with van der Waals surface area (Å²) in [6.07, 6.45) is 0.660. The molecule has 2 heterocycles. The Hall–Kier alpha value is -3.15. The third-order valence-corrected chi connectivity index (χ3v) is 3.71. The molecule has 0 unspecified atom stereocenters. The Morgan fingerprint density at radius 1 is 1.24 bits per heavy atom. The maximum atomic E-state index is 12.6. The molecule has 1 aromatic carbocycles. The molecule has 1 N–H and O–H groups in total. The topological polar surface area (TPSA) is 81.4 Å². The molecular weight excluding hydrogens is 320 g/mol. The Bertz CT molecular complexity index is 903. The molecule has 128 valence electrons. The molecule has 0 saturated heterocycles. The van der Waals surface area contributed by atoms with Crippen molar-refractivity contribution in [2.45, 2.75) is 20.0 Å². The van der Waals surface area contributed by atoms with Crippen LogP contribution in [-0.2, 0) is 9.53 Å². The second kappa shape index (κ2) is 7.17. The summed E-state index contributed by atoms with van der Waals surface area (Å²) in [5.41, 5.74) is 1.52. The van der Waals surface area contributed by atoms with E-state index in [0.29, 0.717) is 34.5 Å². The van der Waals surface area contributed by atoms with Crippen LogP contribution >= 0.6 is 0 Å². The van der Waals surface area contributed by atoms with Crippen LogP contribution in [0.15, 0.2) is 53.1 Å². The zero-order valence-electron chi connectivity index (χ0n) is 14.0. The summed E-state index contributed by atoms with van der Waals surface area (Å²) in [4.78, 5) is 29.0. The van der Waals surface area contributed by atoms with Gasteiger partial charge in [-0.3, -0.25) is 4.79 Å². The minimum absolute atomic E-state index is 0.333. The first-order valence-electron chi connectivity index (χ1n) is 8.02. The Morgan fingerprint density at radius 2 is 2.04 bits per heavy atom. The van der Waals surface area contributed by atoms with Gasteiger partial charge in [-0.15, -0.1) is 0 Å². The summed E-state index contributed by atoms with van der Waals surface area (Å²) in [5.74, 6) is -0.359. The minimum atomic E-state index is -0.883. The van der Waals surface area contributed by atoms with Crippen molar-refractivity contribution in [1.29, 1.82) is 0 Å². The molecule has 3 rings (SSSR count). The lowest BCUT2D eigenvalue weighted by Gasteiger charge is -2.14. The molecule has 6 heteroatoms. The van der Waals surface area contributed by atoms with Crippen LogP contribution in [0.2, 0.25) is 0 Å². The zero-order valence-corrected chi connectivity index (χ0v) is 14.0. The lowest BCUT2D eigenvalue weighted by Crippen LogP contribution is -2.35. The average molecular weight is 338 g/mol. The van der Waals surface area contributed by atoms with Crippen LogP contribution in [0.25, 0.3) is 22.4 Å². The van der Waals surface area contributed by atoms with Crippen LogP contribution in [0.4, 0.5) is 0 Å². The number of fused-ring (bicyclic) bond motifs is 1. The minimum Gasteiger partial charge on any atom is -0.463 e. The fourth-order valence-electron chi connectivity index (χ4n) is 2.49. The van der Waals surface area contributed by atoms with E-state index >= 15 is 0 Å². The van der Waals surface area contributed by atoms with Crippen molar-refractivity contribution >= 4 is 22.8 Å². The summed E-state index contributed by atoms with van der Waals surface area (Å²) < 4.78 is 10.7. The second-order valence-electron chi connectivity index (χ2n) is 5.49. The maximum absolute atomic E-state index is 12.6. The molecule has 6 nitrogen and oxygen atoms in total. The second-order valence-corrected chi connectivity index (χ2v) is 5.49. The van der Waals surface area contributed by atoms with E-state index in [4.69, 9.17) is 9.15 Å². The Morgan fingerprint density at radius 3 is 2.76 bits per heavy atom. The molecule has 1 amide bonds. The number of esters is 1. The molecule has 0 aliphatic heterocycles. The van der Waals surface area contributed by atoms with Gasteiger partial charge in [0.2, 0.25) is 0 Å². The highest BCUT2D eigenvalue weighted by molar-refractivity contribution is 6.05. The van der Waals surface area contributed by atoms with Crippen molar-refractivity contribution in [3.8, 4) is 11.5 Å². The lowest BCUT2D eigenvalue weighted by molar-refractivity contribution is -0.128. The molecule has 3 aromatic rings. The van der Waals surface area contributed by atoms with Crippen LogP contribution in [0.1, 0.15) is 24.2 Å². The van der Waals surface area contributed by atoms with Gasteiger partial charge in [-0.05, 0) is 38.1 Å². The Kier molecular flexibility index (Phi) is 4.79. The predicted molar refractivity (Wildman–Crippen MR) is 93.0 cm³/mol. The number of para-hydroxylation sites is 1. The third-order valence-electron chi connectivity index (χ3n) is 3.71. The van der Waals surface area contributed by atoms with Crippen molar-refractivity contribution in [2.75, 3.05) is 6.54 Å². The summed E-state index contributed by atoms with van der Waals surface area (Å²) in [6.45, 7) is 3.82. The van der Waals surface area contributed by atoms with Crippen LogP contribution < -0.4 is 5.32 Å². The van der Waals surface area contributed by atoms with Gasteiger partial charge in [-0.1, -0.05) is 18.2 Å². The van der Waals surface area contributed by atoms with Crippen LogP contribution in [0.3, 0.4) is 0 Å². The van der Waals surface area contributed by atoms with Crippen molar-refractivity contribution in [1.82, 2.24) is 10.3 Å². The zero-order chi connectivity index (χ0) is 17.8. The summed E-state index contributed by atoms with van der Waals surface area (Å²) >= 11 is 0. The average Bonchev–Trinajstić information content (AvgIpc) is 3.15. The number of amides is 1. The van der Waals surface area contributed by atoms with Gasteiger partial charge in [-0.25, -0.2) is 9.78 Å². The number of nitrogens with one attached hydrogen (secondary N) is 1. The highest BCUT2D eigenvalue weighted by atomic mass is 16.5. The van der Waals surface area contributed by atoms with Gasteiger partial charge < -0.3 is 14.5 Å². The van der Waals surface area contributed by atoms with E-state index in [-0.39, 0.29) is 5.91 Å². The largest absolute Gasteiger partial charge is 0.463 e. The fourth-order valence-corrected chi connectivity index (χ4v) is 2.49. The standard InChI is InChI=1S/C19H18N2O4/c1-3-20-18(22)12(2)25-19(23)14-11-16(17-9-6-10-24-17)21-15-8-5-4-7-13(14)15/h4-12H,3H2,1-2H3,(H,20,22)/t12-/m0/s1. The van der Waals surface area contributed by atoms with E-state index in [0.717, 1.165) is 0 Å². The van der Waals surface area contributed by atoms with Crippen molar-refractivity contribution < 1.29 is 18.7 Å². The van der Waals surface area contributed by atoms with Crippen molar-refractivity contribution in [3.05, 3.63) is 54.3 Å². The summed E-state index contributed by atoms with van der Waals surface area (Å²) in [5, 5.41) is 3.29. The number of nitrogens with zero attached hydrogens (tertiary/aromatic N) is 1. The predicted octanol–water partition coefficient (Wildman–Crippen LogP) is 3.18. The molecule has 1 atom stereocenters. The normalized spacial score (nSPS) is 11.9. The maximum Gasteiger partial charge on any atom is 0.339 e. The number of hydrogen-bond donors (Lipinski definition) is 1. The number of ether oxygens (including phenoxy) is 1. The van der Waals surface area contributed by atoms with Gasteiger partial charge in [0.1, 0.15) is 5.69 Å². The van der Waals surface area contributed by atoms with Crippen molar-refractivity contribution in [2.24, 2.45) is 0 Å². The molecule has 25 heavy (non-hydrogen) atoms. The number of furan rings is 1. The highest BCUT2D eigenvalue weighted by Gasteiger charge is 2.21. The van der Waals surface area contributed by atoms with E-state index < -0.39 is 12.1 Å². The first-order valence-corrected chi connectivity index (χ1v) is 8.02.